The van der Waals surface area contributed by atoms with E-state index in [1.807, 2.05) is 6.92 Å². The highest BCUT2D eigenvalue weighted by atomic mass is 32.2. The summed E-state index contributed by atoms with van der Waals surface area (Å²) in [6.07, 6.45) is 1.44. The van der Waals surface area contributed by atoms with Gasteiger partial charge in [-0.25, -0.2) is 4.98 Å². The van der Waals surface area contributed by atoms with Crippen LogP contribution >= 0.6 is 0 Å². The molecule has 0 aliphatic heterocycles. The summed E-state index contributed by atoms with van der Waals surface area (Å²) in [5.41, 5.74) is 1.74. The Labute approximate surface area is 124 Å². The largest absolute Gasteiger partial charge is 0.496 e. The van der Waals surface area contributed by atoms with Gasteiger partial charge in [-0.3, -0.25) is 4.72 Å². The van der Waals surface area contributed by atoms with E-state index in [2.05, 4.69) is 15.0 Å². The highest BCUT2D eigenvalue weighted by molar-refractivity contribution is 7.92. The fourth-order valence-electron chi connectivity index (χ4n) is 1.94. The van der Waals surface area contributed by atoms with Crippen LogP contribution in [0.1, 0.15) is 5.56 Å². The van der Waals surface area contributed by atoms with Gasteiger partial charge in [-0.1, -0.05) is 0 Å². The van der Waals surface area contributed by atoms with E-state index in [0.717, 1.165) is 5.56 Å². The Morgan fingerprint density at radius 1 is 1.24 bits per heavy atom. The Morgan fingerprint density at radius 2 is 2.00 bits per heavy atom. The number of benzene rings is 1. The second-order valence-corrected chi connectivity index (χ2v) is 5.99. The topological polar surface area (TPSA) is 80.3 Å². The Hall–Kier alpha value is -2.28. The van der Waals surface area contributed by atoms with Crippen LogP contribution in [0.3, 0.4) is 0 Å². The van der Waals surface area contributed by atoms with Gasteiger partial charge in [0.25, 0.3) is 10.0 Å². The lowest BCUT2D eigenvalue weighted by atomic mass is 10.2. The molecular formula is C14H17N3O3S. The number of nitrogens with zero attached hydrogens (tertiary/aromatic N) is 1. The third-order valence-corrected chi connectivity index (χ3v) is 4.28. The molecule has 7 heteroatoms. The molecule has 0 bridgehead atoms. The number of anilines is 2. The van der Waals surface area contributed by atoms with Crippen LogP contribution in [0.2, 0.25) is 0 Å². The van der Waals surface area contributed by atoms with E-state index in [9.17, 15) is 8.42 Å². The van der Waals surface area contributed by atoms with E-state index >= 15 is 0 Å². The molecular weight excluding hydrogens is 290 g/mol. The number of ether oxygens (including phenoxy) is 1. The minimum Gasteiger partial charge on any atom is -0.496 e. The number of nitrogens with one attached hydrogen (secondary N) is 2. The van der Waals surface area contributed by atoms with E-state index < -0.39 is 10.0 Å². The molecule has 21 heavy (non-hydrogen) atoms. The van der Waals surface area contributed by atoms with E-state index in [1.165, 1.54) is 6.20 Å². The molecule has 2 aromatic rings. The number of pyridine rings is 1. The molecule has 0 saturated carbocycles. The number of rotatable bonds is 5. The second kappa shape index (κ2) is 6.01. The summed E-state index contributed by atoms with van der Waals surface area (Å²) < 4.78 is 32.5. The molecule has 1 heterocycles. The second-order valence-electron chi connectivity index (χ2n) is 4.40. The van der Waals surface area contributed by atoms with Crippen LogP contribution in [-0.4, -0.2) is 27.6 Å². The molecule has 0 fully saturated rings. The van der Waals surface area contributed by atoms with Crippen molar-refractivity contribution in [2.75, 3.05) is 24.2 Å². The van der Waals surface area contributed by atoms with Crippen LogP contribution in [0.5, 0.6) is 5.75 Å². The number of aryl methyl sites for hydroxylation is 1. The monoisotopic (exact) mass is 307 g/mol. The average Bonchev–Trinajstić information content (AvgIpc) is 2.47. The van der Waals surface area contributed by atoms with Crippen LogP contribution in [-0.2, 0) is 10.0 Å². The van der Waals surface area contributed by atoms with Crippen LogP contribution < -0.4 is 14.8 Å². The lowest BCUT2D eigenvalue weighted by molar-refractivity contribution is 0.412. The van der Waals surface area contributed by atoms with Gasteiger partial charge >= 0.3 is 0 Å². The molecule has 0 radical (unpaired) electrons. The van der Waals surface area contributed by atoms with Crippen molar-refractivity contribution < 1.29 is 13.2 Å². The van der Waals surface area contributed by atoms with Gasteiger partial charge in [0.15, 0.2) is 5.03 Å². The predicted molar refractivity (Wildman–Crippen MR) is 82.3 cm³/mol. The van der Waals surface area contributed by atoms with Gasteiger partial charge in [0, 0.05) is 18.9 Å². The van der Waals surface area contributed by atoms with Crippen molar-refractivity contribution in [1.82, 2.24) is 4.98 Å². The molecule has 0 spiro atoms. The summed E-state index contributed by atoms with van der Waals surface area (Å²) in [6.45, 7) is 1.84. The first-order valence-electron chi connectivity index (χ1n) is 6.28. The van der Waals surface area contributed by atoms with Gasteiger partial charge in [0.05, 0.1) is 12.8 Å². The van der Waals surface area contributed by atoms with E-state index in [1.54, 1.807) is 44.5 Å². The zero-order chi connectivity index (χ0) is 15.5. The van der Waals surface area contributed by atoms with Crippen LogP contribution in [0.15, 0.2) is 41.6 Å². The highest BCUT2D eigenvalue weighted by Crippen LogP contribution is 2.25. The van der Waals surface area contributed by atoms with Crippen molar-refractivity contribution in [3.05, 3.63) is 42.1 Å². The molecule has 0 aliphatic rings. The van der Waals surface area contributed by atoms with Gasteiger partial charge in [-0.05, 0) is 42.8 Å². The number of hydrogen-bond acceptors (Lipinski definition) is 5. The van der Waals surface area contributed by atoms with Gasteiger partial charge < -0.3 is 10.1 Å². The predicted octanol–water partition coefficient (Wildman–Crippen LogP) is 2.24. The summed E-state index contributed by atoms with van der Waals surface area (Å²) >= 11 is 0. The Balaban J connectivity index is 2.35. The van der Waals surface area contributed by atoms with Crippen LogP contribution in [0.25, 0.3) is 0 Å². The number of aromatic nitrogens is 1. The number of hydrogen-bond donors (Lipinski definition) is 2. The summed E-state index contributed by atoms with van der Waals surface area (Å²) in [5.74, 6) is 0.701. The summed E-state index contributed by atoms with van der Waals surface area (Å²) in [7, 11) is -0.542. The quantitative estimate of drug-likeness (QED) is 0.885. The fourth-order valence-corrected chi connectivity index (χ4v) is 3.13. The molecule has 0 amide bonds. The van der Waals surface area contributed by atoms with Crippen molar-refractivity contribution >= 4 is 21.4 Å². The lowest BCUT2D eigenvalue weighted by Crippen LogP contribution is -2.16. The van der Waals surface area contributed by atoms with Crippen molar-refractivity contribution in [3.8, 4) is 5.75 Å². The van der Waals surface area contributed by atoms with Gasteiger partial charge in [0.2, 0.25) is 0 Å². The van der Waals surface area contributed by atoms with Gasteiger partial charge in [0.1, 0.15) is 5.75 Å². The van der Waals surface area contributed by atoms with Crippen LogP contribution in [0, 0.1) is 6.92 Å². The maximum Gasteiger partial charge on any atom is 0.281 e. The van der Waals surface area contributed by atoms with Crippen molar-refractivity contribution in [2.24, 2.45) is 0 Å². The van der Waals surface area contributed by atoms with Crippen molar-refractivity contribution in [3.63, 3.8) is 0 Å². The standard InChI is InChI=1S/C14H17N3O3S/c1-10-9-11(6-7-13(10)20-3)17-21(18,19)14-12(15-2)5-4-8-16-14/h4-9,15,17H,1-3H3. The first kappa shape index (κ1) is 15.1. The van der Waals surface area contributed by atoms with E-state index in [4.69, 9.17) is 4.74 Å². The Bertz CT molecular complexity index is 745. The zero-order valence-corrected chi connectivity index (χ0v) is 12.9. The minimum atomic E-state index is -3.76. The normalized spacial score (nSPS) is 11.0. The molecule has 1 aromatic carbocycles. The van der Waals surface area contributed by atoms with E-state index in [0.29, 0.717) is 17.1 Å². The number of methoxy groups -OCH3 is 1. The smallest absolute Gasteiger partial charge is 0.281 e. The Kier molecular flexibility index (Phi) is 4.32. The first-order chi connectivity index (χ1) is 9.97. The molecule has 1 aromatic heterocycles. The molecule has 0 aliphatic carbocycles. The molecule has 0 saturated heterocycles. The van der Waals surface area contributed by atoms with Crippen molar-refractivity contribution in [2.45, 2.75) is 11.9 Å². The summed E-state index contributed by atoms with van der Waals surface area (Å²) in [4.78, 5) is 3.94. The van der Waals surface area contributed by atoms with E-state index in [-0.39, 0.29) is 5.03 Å². The first-order valence-corrected chi connectivity index (χ1v) is 7.76. The number of sulfonamides is 1. The molecule has 2 N–H and O–H groups in total. The van der Waals surface area contributed by atoms with Crippen LogP contribution in [0.4, 0.5) is 11.4 Å². The van der Waals surface area contributed by atoms with Gasteiger partial charge in [-0.15, -0.1) is 0 Å². The molecule has 2 rings (SSSR count). The SMILES string of the molecule is CNc1cccnc1S(=O)(=O)Nc1ccc(OC)c(C)c1. The fraction of sp³-hybridized carbons (Fsp3) is 0.214. The third-order valence-electron chi connectivity index (χ3n) is 2.94. The molecule has 0 unspecified atom stereocenters. The maximum atomic E-state index is 12.4. The van der Waals surface area contributed by atoms with Crippen molar-refractivity contribution in [1.29, 1.82) is 0 Å². The summed E-state index contributed by atoms with van der Waals surface area (Å²) in [5, 5.41) is 2.77. The van der Waals surface area contributed by atoms with Gasteiger partial charge in [-0.2, -0.15) is 8.42 Å². The highest BCUT2D eigenvalue weighted by Gasteiger charge is 2.20. The maximum absolute atomic E-state index is 12.4. The average molecular weight is 307 g/mol. The molecule has 6 nitrogen and oxygen atoms in total. The Morgan fingerprint density at radius 3 is 2.62 bits per heavy atom. The minimum absolute atomic E-state index is 0.0408. The third kappa shape index (κ3) is 3.25. The lowest BCUT2D eigenvalue weighted by Gasteiger charge is -2.12. The molecule has 112 valence electrons. The zero-order valence-electron chi connectivity index (χ0n) is 12.0. The molecule has 0 atom stereocenters. The summed E-state index contributed by atoms with van der Waals surface area (Å²) in [6, 6.07) is 8.39.